The van der Waals surface area contributed by atoms with E-state index >= 15 is 0 Å². The highest BCUT2D eigenvalue weighted by Gasteiger charge is 2.43. The molecular weight excluding hydrogens is 242 g/mol. The molecular formula is C15H21NO3. The lowest BCUT2D eigenvalue weighted by Crippen LogP contribution is -2.53. The van der Waals surface area contributed by atoms with Crippen molar-refractivity contribution in [2.45, 2.75) is 38.3 Å². The number of aryl methyl sites for hydroxylation is 1. The minimum Gasteiger partial charge on any atom is -0.467 e. The van der Waals surface area contributed by atoms with Crippen LogP contribution in [0.15, 0.2) is 24.3 Å². The zero-order chi connectivity index (χ0) is 13.9. The Bertz CT molecular complexity index is 460. The number of carbonyl (C=O) groups is 1. The van der Waals surface area contributed by atoms with Crippen LogP contribution in [0.5, 0.6) is 0 Å². The van der Waals surface area contributed by atoms with Crippen LogP contribution in [-0.4, -0.2) is 31.3 Å². The number of ether oxygens (including phenoxy) is 2. The average molecular weight is 263 g/mol. The molecule has 19 heavy (non-hydrogen) atoms. The zero-order valence-corrected chi connectivity index (χ0v) is 11.7. The normalized spacial score (nSPS) is 26.8. The second-order valence-electron chi connectivity index (χ2n) is 5.20. The fourth-order valence-corrected chi connectivity index (χ4v) is 2.63. The van der Waals surface area contributed by atoms with Gasteiger partial charge in [-0.15, -0.1) is 0 Å². The topological polar surface area (TPSA) is 47.6 Å². The average Bonchev–Trinajstić information content (AvgIpc) is 2.37. The number of benzene rings is 1. The van der Waals surface area contributed by atoms with Crippen LogP contribution in [-0.2, 0) is 14.3 Å². The van der Waals surface area contributed by atoms with Crippen LogP contribution in [0, 0.1) is 6.92 Å². The van der Waals surface area contributed by atoms with E-state index in [4.69, 9.17) is 9.47 Å². The summed E-state index contributed by atoms with van der Waals surface area (Å²) in [6.07, 6.45) is 1.29. The van der Waals surface area contributed by atoms with Crippen molar-refractivity contribution in [2.75, 3.05) is 19.0 Å². The lowest BCUT2D eigenvalue weighted by Gasteiger charge is -2.38. The molecule has 0 spiro atoms. The van der Waals surface area contributed by atoms with Crippen molar-refractivity contribution in [1.82, 2.24) is 0 Å². The molecule has 4 nitrogen and oxygen atoms in total. The fraction of sp³-hybridized carbons (Fsp3) is 0.533. The summed E-state index contributed by atoms with van der Waals surface area (Å²) in [5.41, 5.74) is 1.42. The highest BCUT2D eigenvalue weighted by Crippen LogP contribution is 2.30. The van der Waals surface area contributed by atoms with E-state index in [1.54, 1.807) is 0 Å². The Labute approximate surface area is 114 Å². The quantitative estimate of drug-likeness (QED) is 0.851. The summed E-state index contributed by atoms with van der Waals surface area (Å²) in [6.45, 7) is 4.58. The van der Waals surface area contributed by atoms with Gasteiger partial charge in [0.2, 0.25) is 0 Å². The summed E-state index contributed by atoms with van der Waals surface area (Å²) >= 11 is 0. The van der Waals surface area contributed by atoms with Gasteiger partial charge >= 0.3 is 5.97 Å². The lowest BCUT2D eigenvalue weighted by atomic mass is 9.86. The van der Waals surface area contributed by atoms with Gasteiger partial charge in [0.15, 0.2) is 0 Å². The number of carbonyl (C=O) groups excluding carboxylic acids is 1. The van der Waals surface area contributed by atoms with E-state index < -0.39 is 5.54 Å². The molecule has 0 radical (unpaired) electrons. The summed E-state index contributed by atoms with van der Waals surface area (Å²) in [6, 6.07) is 8.01. The van der Waals surface area contributed by atoms with Crippen LogP contribution >= 0.6 is 0 Å². The molecule has 2 unspecified atom stereocenters. The number of esters is 1. The van der Waals surface area contributed by atoms with Crippen molar-refractivity contribution in [2.24, 2.45) is 0 Å². The summed E-state index contributed by atoms with van der Waals surface area (Å²) in [5.74, 6) is -0.218. The minimum absolute atomic E-state index is 0.0464. The molecule has 0 amide bonds. The molecule has 1 aromatic rings. The number of anilines is 1. The molecule has 0 bridgehead atoms. The SMILES string of the molecule is COC(=O)C1(Nc2cccc(C)c2)CCOC(C)C1. The van der Waals surface area contributed by atoms with E-state index in [2.05, 4.69) is 5.32 Å². The summed E-state index contributed by atoms with van der Waals surface area (Å²) in [5, 5.41) is 3.36. The Balaban J connectivity index is 2.25. The molecule has 0 saturated carbocycles. The van der Waals surface area contributed by atoms with Gasteiger partial charge in [0, 0.05) is 25.1 Å². The molecule has 4 heteroatoms. The molecule has 0 aromatic heterocycles. The van der Waals surface area contributed by atoms with E-state index in [9.17, 15) is 4.79 Å². The second kappa shape index (κ2) is 5.61. The molecule has 2 rings (SSSR count). The fourth-order valence-electron chi connectivity index (χ4n) is 2.63. The Morgan fingerprint density at radius 2 is 2.32 bits per heavy atom. The van der Waals surface area contributed by atoms with Crippen LogP contribution in [0.3, 0.4) is 0 Å². The van der Waals surface area contributed by atoms with E-state index in [1.165, 1.54) is 7.11 Å². The highest BCUT2D eigenvalue weighted by atomic mass is 16.5. The molecule has 1 saturated heterocycles. The highest BCUT2D eigenvalue weighted by molar-refractivity contribution is 5.84. The molecule has 1 aliphatic heterocycles. The van der Waals surface area contributed by atoms with Gasteiger partial charge in [-0.1, -0.05) is 12.1 Å². The van der Waals surface area contributed by atoms with Gasteiger partial charge in [-0.25, -0.2) is 4.79 Å². The maximum atomic E-state index is 12.2. The number of methoxy groups -OCH3 is 1. The van der Waals surface area contributed by atoms with E-state index in [0.717, 1.165) is 11.3 Å². The molecule has 1 heterocycles. The summed E-state index contributed by atoms with van der Waals surface area (Å²) < 4.78 is 10.5. The maximum Gasteiger partial charge on any atom is 0.331 e. The van der Waals surface area contributed by atoms with Gasteiger partial charge in [-0.2, -0.15) is 0 Å². The molecule has 2 atom stereocenters. The Kier molecular flexibility index (Phi) is 4.10. The summed E-state index contributed by atoms with van der Waals surface area (Å²) in [4.78, 5) is 12.2. The van der Waals surface area contributed by atoms with E-state index in [0.29, 0.717) is 19.4 Å². The van der Waals surface area contributed by atoms with Crippen LogP contribution < -0.4 is 5.32 Å². The van der Waals surface area contributed by atoms with Gasteiger partial charge in [-0.3, -0.25) is 0 Å². The second-order valence-corrected chi connectivity index (χ2v) is 5.20. The third kappa shape index (κ3) is 3.07. The third-order valence-corrected chi connectivity index (χ3v) is 3.54. The van der Waals surface area contributed by atoms with Gasteiger partial charge in [-0.05, 0) is 31.5 Å². The van der Waals surface area contributed by atoms with Crippen molar-refractivity contribution in [3.8, 4) is 0 Å². The monoisotopic (exact) mass is 263 g/mol. The first-order chi connectivity index (χ1) is 9.05. The zero-order valence-electron chi connectivity index (χ0n) is 11.7. The first-order valence-corrected chi connectivity index (χ1v) is 6.60. The molecule has 104 valence electrons. The van der Waals surface area contributed by atoms with Gasteiger partial charge < -0.3 is 14.8 Å². The smallest absolute Gasteiger partial charge is 0.331 e. The van der Waals surface area contributed by atoms with Crippen LogP contribution in [0.4, 0.5) is 5.69 Å². The number of hydrogen-bond donors (Lipinski definition) is 1. The van der Waals surface area contributed by atoms with Crippen molar-refractivity contribution >= 4 is 11.7 Å². The molecule has 1 aromatic carbocycles. The van der Waals surface area contributed by atoms with Crippen molar-refractivity contribution in [1.29, 1.82) is 0 Å². The van der Waals surface area contributed by atoms with Gasteiger partial charge in [0.1, 0.15) is 5.54 Å². The molecule has 1 fully saturated rings. The number of rotatable bonds is 3. The Morgan fingerprint density at radius 3 is 2.95 bits per heavy atom. The molecule has 1 aliphatic rings. The van der Waals surface area contributed by atoms with Gasteiger partial charge in [0.05, 0.1) is 13.2 Å². The standard InChI is InChI=1S/C15H21NO3/c1-11-5-4-6-13(9-11)16-15(14(17)18-3)7-8-19-12(2)10-15/h4-6,9,12,16H,7-8,10H2,1-3H3. The van der Waals surface area contributed by atoms with Crippen LogP contribution in [0.1, 0.15) is 25.3 Å². The Morgan fingerprint density at radius 1 is 1.53 bits per heavy atom. The lowest BCUT2D eigenvalue weighted by molar-refractivity contribution is -0.151. The van der Waals surface area contributed by atoms with Crippen LogP contribution in [0.25, 0.3) is 0 Å². The van der Waals surface area contributed by atoms with Crippen LogP contribution in [0.2, 0.25) is 0 Å². The predicted molar refractivity (Wildman–Crippen MR) is 74.2 cm³/mol. The summed E-state index contributed by atoms with van der Waals surface area (Å²) in [7, 11) is 1.43. The molecule has 1 N–H and O–H groups in total. The maximum absolute atomic E-state index is 12.2. The predicted octanol–water partition coefficient (Wildman–Crippen LogP) is 2.52. The third-order valence-electron chi connectivity index (χ3n) is 3.54. The molecule has 0 aliphatic carbocycles. The minimum atomic E-state index is -0.680. The first-order valence-electron chi connectivity index (χ1n) is 6.60. The van der Waals surface area contributed by atoms with Gasteiger partial charge in [0.25, 0.3) is 0 Å². The largest absolute Gasteiger partial charge is 0.467 e. The number of nitrogens with one attached hydrogen (secondary N) is 1. The van der Waals surface area contributed by atoms with Crippen molar-refractivity contribution in [3.05, 3.63) is 29.8 Å². The van der Waals surface area contributed by atoms with E-state index in [-0.39, 0.29) is 12.1 Å². The van der Waals surface area contributed by atoms with E-state index in [1.807, 2.05) is 38.1 Å². The number of hydrogen-bond acceptors (Lipinski definition) is 4. The first kappa shape index (κ1) is 13.9. The Hall–Kier alpha value is -1.55. The van der Waals surface area contributed by atoms with Crippen molar-refractivity contribution < 1.29 is 14.3 Å². The van der Waals surface area contributed by atoms with Crippen molar-refractivity contribution in [3.63, 3.8) is 0 Å².